The van der Waals surface area contributed by atoms with E-state index in [1.165, 1.54) is 32.1 Å². The zero-order valence-electron chi connectivity index (χ0n) is 12.3. The standard InChI is InChI=1S/C15H24N4O/c1-3-11-6-8-12(9-7-11)19(2)15-13(14(16)18-20)5-4-10-17-15/h4-5,10-12,20H,3,6-9H2,1-2H3,(H2,16,18). The number of rotatable bonds is 4. The molecule has 0 spiro atoms. The Morgan fingerprint density at radius 2 is 2.15 bits per heavy atom. The number of hydrogen-bond acceptors (Lipinski definition) is 4. The number of nitrogens with two attached hydrogens (primary N) is 1. The van der Waals surface area contributed by atoms with Crippen LogP contribution in [-0.4, -0.2) is 29.1 Å². The monoisotopic (exact) mass is 276 g/mol. The Morgan fingerprint density at radius 3 is 2.75 bits per heavy atom. The van der Waals surface area contributed by atoms with Gasteiger partial charge in [-0.05, 0) is 43.7 Å². The number of nitrogens with zero attached hydrogens (tertiary/aromatic N) is 3. The van der Waals surface area contributed by atoms with Crippen LogP contribution in [0.3, 0.4) is 0 Å². The van der Waals surface area contributed by atoms with E-state index in [1.54, 1.807) is 12.3 Å². The van der Waals surface area contributed by atoms with Crippen LogP contribution in [0.25, 0.3) is 0 Å². The van der Waals surface area contributed by atoms with Crippen LogP contribution < -0.4 is 10.6 Å². The molecule has 0 atom stereocenters. The van der Waals surface area contributed by atoms with Crippen molar-refractivity contribution in [1.29, 1.82) is 0 Å². The Morgan fingerprint density at radius 1 is 1.45 bits per heavy atom. The summed E-state index contributed by atoms with van der Waals surface area (Å²) in [5, 5.41) is 12.0. The first kappa shape index (κ1) is 14.6. The van der Waals surface area contributed by atoms with E-state index in [0.29, 0.717) is 11.6 Å². The SMILES string of the molecule is CCC1CCC(N(C)c2ncccc2C(N)=NO)CC1. The van der Waals surface area contributed by atoms with Crippen molar-refractivity contribution in [2.75, 3.05) is 11.9 Å². The van der Waals surface area contributed by atoms with E-state index in [-0.39, 0.29) is 5.84 Å². The maximum atomic E-state index is 8.89. The second kappa shape index (κ2) is 6.59. The lowest BCUT2D eigenvalue weighted by molar-refractivity contribution is 0.312. The first-order valence-corrected chi connectivity index (χ1v) is 7.33. The topological polar surface area (TPSA) is 74.7 Å². The predicted molar refractivity (Wildman–Crippen MR) is 81.2 cm³/mol. The fourth-order valence-electron chi connectivity index (χ4n) is 3.05. The van der Waals surface area contributed by atoms with E-state index in [2.05, 4.69) is 22.0 Å². The molecule has 0 aliphatic heterocycles. The second-order valence-electron chi connectivity index (χ2n) is 5.55. The Kier molecular flexibility index (Phi) is 4.82. The minimum Gasteiger partial charge on any atom is -0.409 e. The third-order valence-electron chi connectivity index (χ3n) is 4.45. The summed E-state index contributed by atoms with van der Waals surface area (Å²) in [6.07, 6.45) is 7.93. The number of pyridine rings is 1. The lowest BCUT2D eigenvalue weighted by Crippen LogP contribution is -2.37. The number of amidine groups is 1. The Balaban J connectivity index is 2.15. The van der Waals surface area contributed by atoms with Gasteiger partial charge in [0.05, 0.1) is 5.56 Å². The Hall–Kier alpha value is -1.78. The maximum absolute atomic E-state index is 8.89. The summed E-state index contributed by atoms with van der Waals surface area (Å²) in [6.45, 7) is 2.27. The molecule has 0 aromatic carbocycles. The van der Waals surface area contributed by atoms with Crippen LogP contribution in [0, 0.1) is 5.92 Å². The van der Waals surface area contributed by atoms with Gasteiger partial charge >= 0.3 is 0 Å². The molecule has 0 saturated heterocycles. The largest absolute Gasteiger partial charge is 0.409 e. The lowest BCUT2D eigenvalue weighted by Gasteiger charge is -2.35. The molecule has 0 amide bonds. The normalized spacial score (nSPS) is 23.6. The van der Waals surface area contributed by atoms with Gasteiger partial charge in [0.15, 0.2) is 5.84 Å². The molecule has 0 radical (unpaired) electrons. The van der Waals surface area contributed by atoms with Crippen molar-refractivity contribution in [3.8, 4) is 0 Å². The second-order valence-corrected chi connectivity index (χ2v) is 5.55. The zero-order valence-corrected chi connectivity index (χ0v) is 12.3. The van der Waals surface area contributed by atoms with E-state index in [1.807, 2.05) is 13.1 Å². The molecule has 1 heterocycles. The van der Waals surface area contributed by atoms with Crippen LogP contribution in [0.15, 0.2) is 23.5 Å². The molecule has 1 aliphatic rings. The molecule has 1 aromatic heterocycles. The summed E-state index contributed by atoms with van der Waals surface area (Å²) in [5.41, 5.74) is 6.43. The van der Waals surface area contributed by atoms with Gasteiger partial charge in [0.2, 0.25) is 0 Å². The number of oxime groups is 1. The van der Waals surface area contributed by atoms with Gasteiger partial charge in [0.1, 0.15) is 5.82 Å². The minimum atomic E-state index is 0.113. The van der Waals surface area contributed by atoms with Crippen molar-refractivity contribution in [3.63, 3.8) is 0 Å². The molecule has 1 aliphatic carbocycles. The van der Waals surface area contributed by atoms with Gasteiger partial charge in [-0.1, -0.05) is 18.5 Å². The maximum Gasteiger partial charge on any atom is 0.173 e. The summed E-state index contributed by atoms with van der Waals surface area (Å²) in [7, 11) is 2.05. The average Bonchev–Trinajstić information content (AvgIpc) is 2.53. The molecule has 5 nitrogen and oxygen atoms in total. The Bertz CT molecular complexity index is 467. The molecule has 3 N–H and O–H groups in total. The van der Waals surface area contributed by atoms with Crippen molar-refractivity contribution >= 4 is 11.7 Å². The number of hydrogen-bond donors (Lipinski definition) is 2. The number of anilines is 1. The summed E-state index contributed by atoms with van der Waals surface area (Å²) < 4.78 is 0. The van der Waals surface area contributed by atoms with Crippen molar-refractivity contribution < 1.29 is 5.21 Å². The van der Waals surface area contributed by atoms with Crippen molar-refractivity contribution in [3.05, 3.63) is 23.9 Å². The smallest absolute Gasteiger partial charge is 0.173 e. The number of aromatic nitrogens is 1. The fraction of sp³-hybridized carbons (Fsp3) is 0.600. The first-order valence-electron chi connectivity index (χ1n) is 7.33. The van der Waals surface area contributed by atoms with Crippen molar-refractivity contribution in [1.82, 2.24) is 4.98 Å². The molecular formula is C15H24N4O. The summed E-state index contributed by atoms with van der Waals surface area (Å²) in [5.74, 6) is 1.77. The third-order valence-corrected chi connectivity index (χ3v) is 4.45. The van der Waals surface area contributed by atoms with Crippen LogP contribution in [-0.2, 0) is 0 Å². The van der Waals surface area contributed by atoms with Crippen LogP contribution in [0.4, 0.5) is 5.82 Å². The molecule has 1 aromatic rings. The van der Waals surface area contributed by atoms with Crippen molar-refractivity contribution in [2.24, 2.45) is 16.8 Å². The van der Waals surface area contributed by atoms with E-state index in [4.69, 9.17) is 10.9 Å². The van der Waals surface area contributed by atoms with Crippen LogP contribution in [0.5, 0.6) is 0 Å². The van der Waals surface area contributed by atoms with Crippen LogP contribution in [0.2, 0.25) is 0 Å². The highest BCUT2D eigenvalue weighted by atomic mass is 16.4. The van der Waals surface area contributed by atoms with E-state index in [0.717, 1.165) is 11.7 Å². The first-order chi connectivity index (χ1) is 9.67. The van der Waals surface area contributed by atoms with Gasteiger partial charge in [0.25, 0.3) is 0 Å². The van der Waals surface area contributed by atoms with Gasteiger partial charge in [-0.2, -0.15) is 0 Å². The summed E-state index contributed by atoms with van der Waals surface area (Å²) in [6, 6.07) is 4.13. The molecule has 5 heteroatoms. The molecule has 0 unspecified atom stereocenters. The summed E-state index contributed by atoms with van der Waals surface area (Å²) >= 11 is 0. The molecule has 1 fully saturated rings. The molecule has 1 saturated carbocycles. The predicted octanol–water partition coefficient (Wildman–Crippen LogP) is 2.58. The zero-order chi connectivity index (χ0) is 14.5. The Labute approximate surface area is 120 Å². The molecule has 20 heavy (non-hydrogen) atoms. The van der Waals surface area contributed by atoms with Gasteiger partial charge in [-0.3, -0.25) is 0 Å². The minimum absolute atomic E-state index is 0.113. The molecular weight excluding hydrogens is 252 g/mol. The highest BCUT2D eigenvalue weighted by molar-refractivity contribution is 6.01. The highest BCUT2D eigenvalue weighted by Gasteiger charge is 2.25. The van der Waals surface area contributed by atoms with Gasteiger partial charge in [-0.15, -0.1) is 0 Å². The van der Waals surface area contributed by atoms with E-state index >= 15 is 0 Å². The summed E-state index contributed by atoms with van der Waals surface area (Å²) in [4.78, 5) is 6.60. The molecule has 0 bridgehead atoms. The van der Waals surface area contributed by atoms with Gasteiger partial charge in [-0.25, -0.2) is 4.98 Å². The third kappa shape index (κ3) is 3.03. The quantitative estimate of drug-likeness (QED) is 0.383. The van der Waals surface area contributed by atoms with Crippen LogP contribution >= 0.6 is 0 Å². The van der Waals surface area contributed by atoms with Crippen molar-refractivity contribution in [2.45, 2.75) is 45.1 Å². The fourth-order valence-corrected chi connectivity index (χ4v) is 3.05. The highest BCUT2D eigenvalue weighted by Crippen LogP contribution is 2.31. The van der Waals surface area contributed by atoms with Gasteiger partial charge < -0.3 is 15.8 Å². The van der Waals surface area contributed by atoms with E-state index in [9.17, 15) is 0 Å². The van der Waals surface area contributed by atoms with Crippen LogP contribution in [0.1, 0.15) is 44.6 Å². The van der Waals surface area contributed by atoms with E-state index < -0.39 is 0 Å². The lowest BCUT2D eigenvalue weighted by atomic mass is 9.84. The molecule has 2 rings (SSSR count). The average molecular weight is 276 g/mol. The molecule has 110 valence electrons. The van der Waals surface area contributed by atoms with Gasteiger partial charge in [0, 0.05) is 19.3 Å².